The van der Waals surface area contributed by atoms with Crippen LogP contribution in [0.4, 0.5) is 0 Å². The molecule has 0 N–H and O–H groups in total. The maximum atomic E-state index is 12.5. The van der Waals surface area contributed by atoms with Crippen molar-refractivity contribution in [1.82, 2.24) is 8.61 Å². The number of ether oxygens (including phenoxy) is 1. The standard InChI is InChI=1S/C11H21ClN2O3S/c12-5-1-3-11-4-2-6-14(11)18(15,16)13-7-9-17-10-8-13/h11H,1-10H2. The molecule has 5 nitrogen and oxygen atoms in total. The van der Waals surface area contributed by atoms with Crippen molar-refractivity contribution in [2.45, 2.75) is 31.7 Å². The van der Waals surface area contributed by atoms with Crippen LogP contribution in [0, 0.1) is 0 Å². The van der Waals surface area contributed by atoms with E-state index in [2.05, 4.69) is 0 Å². The maximum absolute atomic E-state index is 12.5. The van der Waals surface area contributed by atoms with Crippen molar-refractivity contribution in [2.75, 3.05) is 38.7 Å². The molecule has 2 fully saturated rings. The van der Waals surface area contributed by atoms with Crippen molar-refractivity contribution in [2.24, 2.45) is 0 Å². The number of halogens is 1. The third kappa shape index (κ3) is 3.17. The molecule has 0 aliphatic carbocycles. The van der Waals surface area contributed by atoms with Crippen molar-refractivity contribution in [3.8, 4) is 0 Å². The Bertz CT molecular complexity index is 357. The Balaban J connectivity index is 2.03. The third-order valence-electron chi connectivity index (χ3n) is 3.59. The third-order valence-corrected chi connectivity index (χ3v) is 5.95. The summed E-state index contributed by atoms with van der Waals surface area (Å²) in [6, 6.07) is 0.136. The Kier molecular flexibility index (Phi) is 5.26. The number of nitrogens with zero attached hydrogens (tertiary/aromatic N) is 2. The van der Waals surface area contributed by atoms with Crippen molar-refractivity contribution in [3.63, 3.8) is 0 Å². The quantitative estimate of drug-likeness (QED) is 0.713. The highest BCUT2D eigenvalue weighted by molar-refractivity contribution is 7.86. The Hall–Kier alpha value is 0.120. The zero-order chi connectivity index (χ0) is 13.0. The van der Waals surface area contributed by atoms with Gasteiger partial charge in [-0.05, 0) is 25.7 Å². The molecular weight excluding hydrogens is 276 g/mol. The molecule has 7 heteroatoms. The van der Waals surface area contributed by atoms with Crippen LogP contribution in [0.5, 0.6) is 0 Å². The lowest BCUT2D eigenvalue weighted by Gasteiger charge is -2.32. The van der Waals surface area contributed by atoms with Gasteiger partial charge in [0.2, 0.25) is 0 Å². The number of morpholine rings is 1. The van der Waals surface area contributed by atoms with Crippen LogP contribution in [0.3, 0.4) is 0 Å². The summed E-state index contributed by atoms with van der Waals surface area (Å²) in [4.78, 5) is 0. The lowest BCUT2D eigenvalue weighted by atomic mass is 10.1. The summed E-state index contributed by atoms with van der Waals surface area (Å²) in [5.41, 5.74) is 0. The van der Waals surface area contributed by atoms with E-state index in [0.29, 0.717) is 38.7 Å². The number of alkyl halides is 1. The minimum atomic E-state index is -3.30. The van der Waals surface area contributed by atoms with Gasteiger partial charge in [0, 0.05) is 31.6 Å². The molecule has 1 atom stereocenters. The molecule has 2 heterocycles. The fraction of sp³-hybridized carbons (Fsp3) is 1.00. The smallest absolute Gasteiger partial charge is 0.282 e. The molecule has 2 aliphatic heterocycles. The highest BCUT2D eigenvalue weighted by atomic mass is 35.5. The Morgan fingerprint density at radius 1 is 1.22 bits per heavy atom. The van der Waals surface area contributed by atoms with Gasteiger partial charge < -0.3 is 4.74 Å². The summed E-state index contributed by atoms with van der Waals surface area (Å²) in [6.45, 7) is 2.59. The van der Waals surface area contributed by atoms with E-state index in [1.165, 1.54) is 0 Å². The van der Waals surface area contributed by atoms with Crippen molar-refractivity contribution >= 4 is 21.8 Å². The molecule has 2 rings (SSSR count). The summed E-state index contributed by atoms with van der Waals surface area (Å²) in [5.74, 6) is 0.599. The van der Waals surface area contributed by atoms with E-state index in [4.69, 9.17) is 16.3 Å². The Morgan fingerprint density at radius 2 is 1.94 bits per heavy atom. The average molecular weight is 297 g/mol. The summed E-state index contributed by atoms with van der Waals surface area (Å²) >= 11 is 5.70. The molecular formula is C11H21ClN2O3S. The molecule has 0 saturated carbocycles. The van der Waals surface area contributed by atoms with Gasteiger partial charge in [0.25, 0.3) is 10.2 Å². The van der Waals surface area contributed by atoms with Crippen LogP contribution in [-0.4, -0.2) is 61.8 Å². The van der Waals surface area contributed by atoms with Crippen LogP contribution >= 0.6 is 11.6 Å². The molecule has 0 amide bonds. The van der Waals surface area contributed by atoms with Gasteiger partial charge in [-0.3, -0.25) is 0 Å². The predicted octanol–water partition coefficient (Wildman–Crippen LogP) is 1.05. The van der Waals surface area contributed by atoms with E-state index in [1.54, 1.807) is 8.61 Å². The van der Waals surface area contributed by atoms with E-state index >= 15 is 0 Å². The van der Waals surface area contributed by atoms with E-state index in [0.717, 1.165) is 25.7 Å². The highest BCUT2D eigenvalue weighted by Crippen LogP contribution is 2.26. The highest BCUT2D eigenvalue weighted by Gasteiger charge is 2.38. The van der Waals surface area contributed by atoms with Gasteiger partial charge >= 0.3 is 0 Å². The zero-order valence-electron chi connectivity index (χ0n) is 10.6. The predicted molar refractivity (Wildman–Crippen MR) is 71.0 cm³/mol. The zero-order valence-corrected chi connectivity index (χ0v) is 12.1. The van der Waals surface area contributed by atoms with E-state index in [9.17, 15) is 8.42 Å². The second-order valence-corrected chi connectivity index (χ2v) is 7.02. The van der Waals surface area contributed by atoms with Crippen LogP contribution in [0.15, 0.2) is 0 Å². The van der Waals surface area contributed by atoms with Gasteiger partial charge in [-0.25, -0.2) is 0 Å². The summed E-state index contributed by atoms with van der Waals surface area (Å²) in [5, 5.41) is 0. The normalized spacial score (nSPS) is 27.7. The molecule has 18 heavy (non-hydrogen) atoms. The van der Waals surface area contributed by atoms with Crippen molar-refractivity contribution in [3.05, 3.63) is 0 Å². The molecule has 0 aromatic carbocycles. The van der Waals surface area contributed by atoms with Crippen LogP contribution < -0.4 is 0 Å². The topological polar surface area (TPSA) is 49.9 Å². The van der Waals surface area contributed by atoms with E-state index < -0.39 is 10.2 Å². The first-order chi connectivity index (χ1) is 8.66. The SMILES string of the molecule is O=S(=O)(N1CCOCC1)N1CCCC1CCCCl. The van der Waals surface area contributed by atoms with Gasteiger partial charge in [0.15, 0.2) is 0 Å². The molecule has 0 aromatic rings. The lowest BCUT2D eigenvalue weighted by molar-refractivity contribution is 0.0698. The fourth-order valence-corrected chi connectivity index (χ4v) is 4.65. The van der Waals surface area contributed by atoms with Gasteiger partial charge in [0.05, 0.1) is 13.2 Å². The minimum Gasteiger partial charge on any atom is -0.379 e. The minimum absolute atomic E-state index is 0.136. The second-order valence-electron chi connectivity index (χ2n) is 4.76. The van der Waals surface area contributed by atoms with E-state index in [1.807, 2.05) is 0 Å². The van der Waals surface area contributed by atoms with Crippen LogP contribution in [0.2, 0.25) is 0 Å². The maximum Gasteiger partial charge on any atom is 0.282 e. The second kappa shape index (κ2) is 6.52. The van der Waals surface area contributed by atoms with Crippen molar-refractivity contribution < 1.29 is 13.2 Å². The van der Waals surface area contributed by atoms with Crippen LogP contribution in [0.1, 0.15) is 25.7 Å². The molecule has 0 radical (unpaired) electrons. The number of hydrogen-bond acceptors (Lipinski definition) is 3. The van der Waals surface area contributed by atoms with Crippen LogP contribution in [0.25, 0.3) is 0 Å². The first-order valence-electron chi connectivity index (χ1n) is 6.57. The molecule has 0 aromatic heterocycles. The molecule has 0 bridgehead atoms. The summed E-state index contributed by atoms with van der Waals surface area (Å²) in [7, 11) is -3.30. The number of rotatable bonds is 5. The van der Waals surface area contributed by atoms with Gasteiger partial charge in [-0.1, -0.05) is 0 Å². The Morgan fingerprint density at radius 3 is 2.61 bits per heavy atom. The molecule has 106 valence electrons. The molecule has 2 aliphatic rings. The van der Waals surface area contributed by atoms with E-state index in [-0.39, 0.29) is 6.04 Å². The van der Waals surface area contributed by atoms with Crippen molar-refractivity contribution in [1.29, 1.82) is 0 Å². The largest absolute Gasteiger partial charge is 0.379 e. The van der Waals surface area contributed by atoms with Gasteiger partial charge in [0.1, 0.15) is 0 Å². The summed E-state index contributed by atoms with van der Waals surface area (Å²) < 4.78 is 33.5. The molecule has 2 saturated heterocycles. The lowest BCUT2D eigenvalue weighted by Crippen LogP contribution is -2.50. The molecule has 1 unspecified atom stereocenters. The number of hydrogen-bond donors (Lipinski definition) is 0. The molecule has 0 spiro atoms. The summed E-state index contributed by atoms with van der Waals surface area (Å²) in [6.07, 6.45) is 3.66. The Labute approximate surface area is 114 Å². The fourth-order valence-electron chi connectivity index (χ4n) is 2.64. The first kappa shape index (κ1) is 14.5. The van der Waals surface area contributed by atoms with Gasteiger partial charge in [-0.2, -0.15) is 17.0 Å². The van der Waals surface area contributed by atoms with Crippen LogP contribution in [-0.2, 0) is 14.9 Å². The monoisotopic (exact) mass is 296 g/mol. The first-order valence-corrected chi connectivity index (χ1v) is 8.50. The van der Waals surface area contributed by atoms with Gasteiger partial charge in [-0.15, -0.1) is 11.6 Å². The average Bonchev–Trinajstić information content (AvgIpc) is 2.86.